The Hall–Kier alpha value is -2.98. The van der Waals surface area contributed by atoms with Crippen LogP contribution in [0.5, 0.6) is 11.5 Å². The number of nitrogens with zero attached hydrogens (tertiary/aromatic N) is 3. The molecule has 0 saturated heterocycles. The summed E-state index contributed by atoms with van der Waals surface area (Å²) < 4.78 is 12.6. The summed E-state index contributed by atoms with van der Waals surface area (Å²) in [6.45, 7) is 1.36. The maximum absolute atomic E-state index is 13.1. The molecule has 2 aromatic heterocycles. The lowest BCUT2D eigenvalue weighted by Gasteiger charge is -2.16. The topological polar surface area (TPSA) is 107 Å². The number of fused-ring (bicyclic) bond motifs is 1. The van der Waals surface area contributed by atoms with Gasteiger partial charge in [0, 0.05) is 16.0 Å². The van der Waals surface area contributed by atoms with Crippen molar-refractivity contribution in [1.82, 2.24) is 15.0 Å². The van der Waals surface area contributed by atoms with Crippen molar-refractivity contribution in [3.05, 3.63) is 63.9 Å². The Kier molecular flexibility index (Phi) is 6.43. The van der Waals surface area contributed by atoms with Crippen LogP contribution in [0.2, 0.25) is 5.02 Å². The molecule has 0 aliphatic heterocycles. The van der Waals surface area contributed by atoms with E-state index in [2.05, 4.69) is 10.3 Å². The Balaban J connectivity index is 1.67. The summed E-state index contributed by atoms with van der Waals surface area (Å²) in [6, 6.07) is 14.0. The van der Waals surface area contributed by atoms with Crippen molar-refractivity contribution in [2.75, 3.05) is 13.7 Å². The normalized spacial score (nSPS) is 13.2. The summed E-state index contributed by atoms with van der Waals surface area (Å²) in [4.78, 5) is 14.0. The van der Waals surface area contributed by atoms with Gasteiger partial charge in [0.25, 0.3) is 5.56 Å². The number of thiophene rings is 1. The van der Waals surface area contributed by atoms with E-state index in [-0.39, 0.29) is 12.2 Å². The molecule has 4 rings (SSSR count). The summed E-state index contributed by atoms with van der Waals surface area (Å²) in [5, 5.41) is 28.0. The van der Waals surface area contributed by atoms with E-state index in [0.29, 0.717) is 32.4 Å². The molecule has 8 nitrogen and oxygen atoms in total. The predicted molar refractivity (Wildman–Crippen MR) is 123 cm³/mol. The van der Waals surface area contributed by atoms with Gasteiger partial charge >= 0.3 is 0 Å². The summed E-state index contributed by atoms with van der Waals surface area (Å²) in [5.41, 5.74) is 1.60. The fourth-order valence-electron chi connectivity index (χ4n) is 2.99. The fraction of sp³-hybridized carbons (Fsp3) is 0.227. The first-order chi connectivity index (χ1) is 15.4. The van der Waals surface area contributed by atoms with Crippen LogP contribution in [-0.2, 0) is 0 Å². The van der Waals surface area contributed by atoms with Gasteiger partial charge in [-0.3, -0.25) is 4.79 Å². The SMILES string of the molecule is COc1cc(-n2nnc3cc(-c4ccc(Cl)cc4)sc3c2=O)ccc1OC[C@@H](O)[C@@H](C)O. The number of aliphatic hydroxyl groups is 2. The van der Waals surface area contributed by atoms with Crippen molar-refractivity contribution in [3.8, 4) is 27.6 Å². The van der Waals surface area contributed by atoms with Crippen LogP contribution in [0.15, 0.2) is 53.3 Å². The third kappa shape index (κ3) is 4.46. The summed E-state index contributed by atoms with van der Waals surface area (Å²) in [7, 11) is 1.46. The summed E-state index contributed by atoms with van der Waals surface area (Å²) in [6.07, 6.45) is -1.96. The number of aromatic nitrogens is 3. The molecule has 0 spiro atoms. The zero-order valence-corrected chi connectivity index (χ0v) is 18.8. The van der Waals surface area contributed by atoms with E-state index >= 15 is 0 Å². The van der Waals surface area contributed by atoms with Gasteiger partial charge < -0.3 is 19.7 Å². The standard InChI is InChI=1S/C22H20ClN3O5S/c1-12(27)17(28)11-31-18-8-7-15(9-19(18)30-2)26-22(29)21-16(24-25-26)10-20(32-21)13-3-5-14(23)6-4-13/h3-10,12,17,27-28H,11H2,1-2H3/t12-,17-/m1/s1. The third-order valence-electron chi connectivity index (χ3n) is 4.83. The van der Waals surface area contributed by atoms with E-state index in [0.717, 1.165) is 10.4 Å². The molecular weight excluding hydrogens is 454 g/mol. The van der Waals surface area contributed by atoms with Gasteiger partial charge in [-0.15, -0.1) is 16.4 Å². The van der Waals surface area contributed by atoms with Gasteiger partial charge in [-0.1, -0.05) is 28.9 Å². The smallest absolute Gasteiger partial charge is 0.292 e. The fourth-order valence-corrected chi connectivity index (χ4v) is 4.13. The van der Waals surface area contributed by atoms with Crippen molar-refractivity contribution >= 4 is 33.2 Å². The zero-order valence-electron chi connectivity index (χ0n) is 17.2. The molecule has 2 heterocycles. The minimum atomic E-state index is -1.04. The molecule has 0 fully saturated rings. The van der Waals surface area contributed by atoms with Crippen LogP contribution in [0.4, 0.5) is 0 Å². The van der Waals surface area contributed by atoms with E-state index in [1.807, 2.05) is 18.2 Å². The number of halogens is 1. The first kappa shape index (κ1) is 22.2. The van der Waals surface area contributed by atoms with Crippen LogP contribution < -0.4 is 15.0 Å². The highest BCUT2D eigenvalue weighted by atomic mass is 35.5. The molecule has 0 radical (unpaired) electrons. The van der Waals surface area contributed by atoms with E-state index in [1.165, 1.54) is 30.1 Å². The van der Waals surface area contributed by atoms with Crippen molar-refractivity contribution < 1.29 is 19.7 Å². The largest absolute Gasteiger partial charge is 0.493 e. The molecule has 166 valence electrons. The van der Waals surface area contributed by atoms with E-state index in [1.54, 1.807) is 30.3 Å². The van der Waals surface area contributed by atoms with Crippen molar-refractivity contribution in [3.63, 3.8) is 0 Å². The third-order valence-corrected chi connectivity index (χ3v) is 6.24. The van der Waals surface area contributed by atoms with Crippen LogP contribution in [0.1, 0.15) is 6.92 Å². The van der Waals surface area contributed by atoms with Crippen LogP contribution >= 0.6 is 22.9 Å². The molecule has 0 bridgehead atoms. The highest BCUT2D eigenvalue weighted by Gasteiger charge is 2.16. The van der Waals surface area contributed by atoms with Crippen LogP contribution in [-0.4, -0.2) is 51.1 Å². The summed E-state index contributed by atoms with van der Waals surface area (Å²) >= 11 is 7.29. The lowest BCUT2D eigenvalue weighted by Crippen LogP contribution is -2.29. The zero-order chi connectivity index (χ0) is 22.8. The number of rotatable bonds is 7. The number of hydrogen-bond donors (Lipinski definition) is 2. The van der Waals surface area contributed by atoms with Crippen LogP contribution in [0.25, 0.3) is 26.3 Å². The average molecular weight is 474 g/mol. The van der Waals surface area contributed by atoms with Gasteiger partial charge in [0.15, 0.2) is 11.5 Å². The average Bonchev–Trinajstić information content (AvgIpc) is 3.23. The Labute approximate surface area is 192 Å². The number of methoxy groups -OCH3 is 1. The molecule has 32 heavy (non-hydrogen) atoms. The van der Waals surface area contributed by atoms with Crippen LogP contribution in [0.3, 0.4) is 0 Å². The number of benzene rings is 2. The highest BCUT2D eigenvalue weighted by Crippen LogP contribution is 2.32. The molecule has 2 atom stereocenters. The van der Waals surface area contributed by atoms with Crippen LogP contribution in [0, 0.1) is 0 Å². The van der Waals surface area contributed by atoms with E-state index in [4.69, 9.17) is 21.1 Å². The monoisotopic (exact) mass is 473 g/mol. The summed E-state index contributed by atoms with van der Waals surface area (Å²) in [5.74, 6) is 0.710. The quantitative estimate of drug-likeness (QED) is 0.424. The second-order valence-corrected chi connectivity index (χ2v) is 8.58. The lowest BCUT2D eigenvalue weighted by molar-refractivity contribution is 0.00178. The maximum atomic E-state index is 13.1. The second kappa shape index (κ2) is 9.25. The molecule has 2 N–H and O–H groups in total. The van der Waals surface area contributed by atoms with Gasteiger partial charge in [0.2, 0.25) is 0 Å². The molecule has 10 heteroatoms. The van der Waals surface area contributed by atoms with E-state index in [9.17, 15) is 15.0 Å². The molecule has 0 saturated carbocycles. The first-order valence-electron chi connectivity index (χ1n) is 9.70. The molecule has 2 aromatic carbocycles. The molecule has 0 aliphatic carbocycles. The van der Waals surface area contributed by atoms with Crippen molar-refractivity contribution in [1.29, 1.82) is 0 Å². The highest BCUT2D eigenvalue weighted by molar-refractivity contribution is 7.22. The molecule has 0 unspecified atom stereocenters. The minimum absolute atomic E-state index is 0.109. The number of aliphatic hydroxyl groups excluding tert-OH is 2. The Morgan fingerprint density at radius 3 is 2.56 bits per heavy atom. The molecule has 0 aliphatic rings. The first-order valence-corrected chi connectivity index (χ1v) is 10.9. The van der Waals surface area contributed by atoms with Gasteiger partial charge in [-0.05, 0) is 42.8 Å². The minimum Gasteiger partial charge on any atom is -0.493 e. The van der Waals surface area contributed by atoms with Crippen molar-refractivity contribution in [2.45, 2.75) is 19.1 Å². The Morgan fingerprint density at radius 1 is 1.12 bits per heavy atom. The Bertz CT molecular complexity index is 1300. The van der Waals surface area contributed by atoms with Gasteiger partial charge in [-0.25, -0.2) is 0 Å². The second-order valence-electron chi connectivity index (χ2n) is 7.09. The van der Waals surface area contributed by atoms with Crippen molar-refractivity contribution in [2.24, 2.45) is 0 Å². The van der Waals surface area contributed by atoms with E-state index < -0.39 is 12.2 Å². The lowest BCUT2D eigenvalue weighted by atomic mass is 10.2. The van der Waals surface area contributed by atoms with Gasteiger partial charge in [-0.2, -0.15) is 4.68 Å². The van der Waals surface area contributed by atoms with Gasteiger partial charge in [0.05, 0.1) is 18.9 Å². The molecular formula is C22H20ClN3O5S. The molecule has 0 amide bonds. The predicted octanol–water partition coefficient (Wildman–Crippen LogP) is 3.29. The van der Waals surface area contributed by atoms with Gasteiger partial charge in [0.1, 0.15) is 22.9 Å². The number of ether oxygens (including phenoxy) is 2. The molecule has 4 aromatic rings. The Morgan fingerprint density at radius 2 is 1.88 bits per heavy atom. The maximum Gasteiger partial charge on any atom is 0.292 e. The number of hydrogen-bond acceptors (Lipinski definition) is 8.